The first-order valence-electron chi connectivity index (χ1n) is 5.28. The first kappa shape index (κ1) is 12.9. The minimum absolute atomic E-state index is 0.0931. The summed E-state index contributed by atoms with van der Waals surface area (Å²) in [5.41, 5.74) is 4.74. The van der Waals surface area contributed by atoms with Crippen LogP contribution in [0.15, 0.2) is 34.5 Å². The Bertz CT molecular complexity index is 436. The van der Waals surface area contributed by atoms with E-state index in [0.29, 0.717) is 6.42 Å². The van der Waals surface area contributed by atoms with Gasteiger partial charge in [-0.05, 0) is 19.1 Å². The Morgan fingerprint density at radius 1 is 1.41 bits per heavy atom. The van der Waals surface area contributed by atoms with E-state index in [-0.39, 0.29) is 11.5 Å². The predicted molar refractivity (Wildman–Crippen MR) is 67.8 cm³/mol. The fourth-order valence-corrected chi connectivity index (χ4v) is 1.15. The van der Waals surface area contributed by atoms with Crippen LogP contribution in [0.4, 0.5) is 5.69 Å². The van der Waals surface area contributed by atoms with Gasteiger partial charge in [0.1, 0.15) is 5.71 Å². The van der Waals surface area contributed by atoms with Crippen LogP contribution in [0.2, 0.25) is 0 Å². The molecule has 1 rings (SSSR count). The molecule has 1 aromatic carbocycles. The molecule has 0 radical (unpaired) electrons. The largest absolute Gasteiger partial charge is 0.411 e. The highest BCUT2D eigenvalue weighted by Crippen LogP contribution is 2.08. The molecule has 0 unspecified atom stereocenters. The lowest BCUT2D eigenvalue weighted by Crippen LogP contribution is -2.16. The zero-order valence-corrected chi connectivity index (χ0v) is 9.84. The van der Waals surface area contributed by atoms with Crippen LogP contribution in [0.3, 0.4) is 0 Å². The monoisotopic (exact) mass is 233 g/mol. The third-order valence-corrected chi connectivity index (χ3v) is 2.14. The van der Waals surface area contributed by atoms with Crippen LogP contribution < -0.4 is 5.43 Å². The number of oxime groups is 1. The van der Waals surface area contributed by atoms with E-state index in [4.69, 9.17) is 5.21 Å². The number of hydrogen-bond acceptors (Lipinski definition) is 5. The molecule has 1 aromatic rings. The fraction of sp³-hybridized carbons (Fsp3) is 0.250. The van der Waals surface area contributed by atoms with E-state index in [1.54, 1.807) is 6.92 Å². The van der Waals surface area contributed by atoms with E-state index in [9.17, 15) is 4.79 Å². The molecule has 5 heteroatoms. The Balaban J connectivity index is 2.79. The van der Waals surface area contributed by atoms with Gasteiger partial charge in [0.2, 0.25) is 0 Å². The molecule has 0 aliphatic carbocycles. The first-order valence-corrected chi connectivity index (χ1v) is 5.28. The molecular weight excluding hydrogens is 218 g/mol. The molecule has 17 heavy (non-hydrogen) atoms. The fourth-order valence-electron chi connectivity index (χ4n) is 1.15. The summed E-state index contributed by atoms with van der Waals surface area (Å²) in [5, 5.41) is 15.1. The number of anilines is 1. The van der Waals surface area contributed by atoms with E-state index < -0.39 is 0 Å². The number of carbonyl (C=O) groups excluding carboxylic acids is 1. The Morgan fingerprint density at radius 3 is 2.59 bits per heavy atom. The summed E-state index contributed by atoms with van der Waals surface area (Å²) in [4.78, 5) is 11.4. The lowest BCUT2D eigenvalue weighted by Gasteiger charge is -2.02. The molecule has 0 atom stereocenters. The summed E-state index contributed by atoms with van der Waals surface area (Å²) >= 11 is 0. The second-order valence-electron chi connectivity index (χ2n) is 3.50. The number of rotatable bonds is 5. The number of benzene rings is 1. The van der Waals surface area contributed by atoms with Crippen LogP contribution in [0.5, 0.6) is 0 Å². The van der Waals surface area contributed by atoms with Crippen molar-refractivity contribution in [2.75, 3.05) is 5.43 Å². The molecule has 90 valence electrons. The quantitative estimate of drug-likeness (QED) is 0.465. The highest BCUT2D eigenvalue weighted by Gasteiger charge is 2.06. The number of hydrazone groups is 1. The lowest BCUT2D eigenvalue weighted by molar-refractivity contribution is -0.112. The van der Waals surface area contributed by atoms with Gasteiger partial charge in [-0.15, -0.1) is 0 Å². The summed E-state index contributed by atoms with van der Waals surface area (Å²) in [7, 11) is 0. The van der Waals surface area contributed by atoms with Crippen LogP contribution in [-0.4, -0.2) is 22.9 Å². The molecule has 0 fully saturated rings. The Morgan fingerprint density at radius 2 is 2.06 bits per heavy atom. The summed E-state index contributed by atoms with van der Waals surface area (Å²) in [6.07, 6.45) is 1.33. The molecule has 5 nitrogen and oxygen atoms in total. The number of aryl methyl sites for hydroxylation is 1. The predicted octanol–water partition coefficient (Wildman–Crippen LogP) is 2.20. The standard InChI is InChI=1S/C12H15N3O2/c1-3-12(16)11(8-13-17)15-14-10-6-4-9(2)5-7-10/h4-8,14,17H,3H2,1-2H3/b13-8+,15-11+. The Kier molecular flexibility index (Phi) is 4.87. The number of nitrogens with zero attached hydrogens (tertiary/aromatic N) is 2. The molecule has 0 heterocycles. The van der Waals surface area contributed by atoms with Crippen molar-refractivity contribution in [1.29, 1.82) is 0 Å². The molecule has 0 aromatic heterocycles. The van der Waals surface area contributed by atoms with Gasteiger partial charge >= 0.3 is 0 Å². The highest BCUT2D eigenvalue weighted by atomic mass is 16.4. The second-order valence-corrected chi connectivity index (χ2v) is 3.50. The van der Waals surface area contributed by atoms with E-state index in [1.807, 2.05) is 31.2 Å². The summed E-state index contributed by atoms with van der Waals surface area (Å²) in [6, 6.07) is 7.56. The van der Waals surface area contributed by atoms with Gasteiger partial charge in [0.25, 0.3) is 0 Å². The van der Waals surface area contributed by atoms with Crippen molar-refractivity contribution in [3.8, 4) is 0 Å². The van der Waals surface area contributed by atoms with Gasteiger partial charge in [-0.3, -0.25) is 10.2 Å². The van der Waals surface area contributed by atoms with Crippen molar-refractivity contribution in [1.82, 2.24) is 0 Å². The third-order valence-electron chi connectivity index (χ3n) is 2.14. The van der Waals surface area contributed by atoms with Crippen molar-refractivity contribution in [2.45, 2.75) is 20.3 Å². The summed E-state index contributed by atoms with van der Waals surface area (Å²) in [5.74, 6) is -0.192. The maximum Gasteiger partial charge on any atom is 0.184 e. The van der Waals surface area contributed by atoms with Crippen LogP contribution in [0, 0.1) is 6.92 Å². The van der Waals surface area contributed by atoms with Gasteiger partial charge in [0, 0.05) is 6.42 Å². The number of hydrogen-bond donors (Lipinski definition) is 2. The molecular formula is C12H15N3O2. The lowest BCUT2D eigenvalue weighted by atomic mass is 10.2. The zero-order valence-electron chi connectivity index (χ0n) is 9.84. The number of Topliss-reactive ketones (excluding diaryl/α,β-unsaturated/α-hetero) is 1. The van der Waals surface area contributed by atoms with E-state index in [1.165, 1.54) is 0 Å². The van der Waals surface area contributed by atoms with Gasteiger partial charge < -0.3 is 5.21 Å². The number of carbonyl (C=O) groups is 1. The molecule has 0 aliphatic heterocycles. The summed E-state index contributed by atoms with van der Waals surface area (Å²) < 4.78 is 0. The maximum atomic E-state index is 11.4. The maximum absolute atomic E-state index is 11.4. The van der Waals surface area contributed by atoms with Gasteiger partial charge in [0.15, 0.2) is 5.78 Å². The number of nitrogens with one attached hydrogen (secondary N) is 1. The van der Waals surface area contributed by atoms with Crippen molar-refractivity contribution >= 4 is 23.4 Å². The normalized spacial score (nSPS) is 11.8. The second kappa shape index (κ2) is 6.42. The minimum Gasteiger partial charge on any atom is -0.411 e. The van der Waals surface area contributed by atoms with E-state index in [0.717, 1.165) is 17.5 Å². The Hall–Kier alpha value is -2.17. The molecule has 0 amide bonds. The van der Waals surface area contributed by atoms with Crippen molar-refractivity contribution in [2.24, 2.45) is 10.3 Å². The first-order chi connectivity index (χ1) is 8.17. The molecule has 0 spiro atoms. The van der Waals surface area contributed by atoms with Gasteiger partial charge in [-0.2, -0.15) is 5.10 Å². The zero-order chi connectivity index (χ0) is 12.7. The average molecular weight is 233 g/mol. The van der Waals surface area contributed by atoms with Crippen molar-refractivity contribution in [3.63, 3.8) is 0 Å². The van der Waals surface area contributed by atoms with Gasteiger partial charge in [-0.1, -0.05) is 29.8 Å². The third kappa shape index (κ3) is 4.06. The summed E-state index contributed by atoms with van der Waals surface area (Å²) in [6.45, 7) is 3.70. The van der Waals surface area contributed by atoms with Gasteiger partial charge in [-0.25, -0.2) is 0 Å². The van der Waals surface area contributed by atoms with Gasteiger partial charge in [0.05, 0.1) is 11.9 Å². The van der Waals surface area contributed by atoms with Crippen molar-refractivity contribution in [3.05, 3.63) is 29.8 Å². The highest BCUT2D eigenvalue weighted by molar-refractivity contribution is 6.61. The molecule has 0 aliphatic rings. The molecule has 0 saturated carbocycles. The molecule has 0 saturated heterocycles. The average Bonchev–Trinajstić information content (AvgIpc) is 2.35. The SMILES string of the molecule is CCC(=O)C(/C=N/O)=N/Nc1ccc(C)cc1. The number of ketones is 1. The van der Waals surface area contributed by atoms with E-state index in [2.05, 4.69) is 15.7 Å². The van der Waals surface area contributed by atoms with Crippen molar-refractivity contribution < 1.29 is 10.0 Å². The Labute approximate surface area is 99.8 Å². The smallest absolute Gasteiger partial charge is 0.184 e. The minimum atomic E-state index is -0.192. The van der Waals surface area contributed by atoms with Crippen LogP contribution in [0.1, 0.15) is 18.9 Å². The molecule has 2 N–H and O–H groups in total. The van der Waals surface area contributed by atoms with Crippen LogP contribution >= 0.6 is 0 Å². The van der Waals surface area contributed by atoms with Crippen LogP contribution in [-0.2, 0) is 4.79 Å². The topological polar surface area (TPSA) is 74.0 Å². The van der Waals surface area contributed by atoms with Crippen LogP contribution in [0.25, 0.3) is 0 Å². The van der Waals surface area contributed by atoms with E-state index >= 15 is 0 Å². The molecule has 0 bridgehead atoms.